The summed E-state index contributed by atoms with van der Waals surface area (Å²) in [5.41, 5.74) is 0.757. The molecule has 4 heteroatoms. The van der Waals surface area contributed by atoms with Gasteiger partial charge in [-0.25, -0.2) is 0 Å². The Morgan fingerprint density at radius 3 is 2.29 bits per heavy atom. The second-order valence-electron chi connectivity index (χ2n) is 3.90. The van der Waals surface area contributed by atoms with Crippen LogP contribution in [0.15, 0.2) is 42.5 Å². The summed E-state index contributed by atoms with van der Waals surface area (Å²) in [5, 5.41) is 9.42. The molecule has 0 amide bonds. The van der Waals surface area contributed by atoms with Gasteiger partial charge >= 0.3 is 6.18 Å². The predicted octanol–water partition coefficient (Wildman–Crippen LogP) is 3.41. The second kappa shape index (κ2) is 4.37. The number of alkyl halides is 3. The average Bonchev–Trinajstić information content (AvgIpc) is 2.28. The van der Waals surface area contributed by atoms with E-state index >= 15 is 0 Å². The minimum Gasteiger partial charge on any atom is -0.389 e. The molecule has 0 bridgehead atoms. The zero-order valence-corrected chi connectivity index (χ0v) is 8.91. The van der Waals surface area contributed by atoms with Crippen molar-refractivity contribution in [3.63, 3.8) is 0 Å². The van der Waals surface area contributed by atoms with E-state index in [2.05, 4.69) is 0 Å². The van der Waals surface area contributed by atoms with Crippen LogP contribution in [-0.4, -0.2) is 11.2 Å². The van der Waals surface area contributed by atoms with Crippen LogP contribution in [0.25, 0.3) is 5.57 Å². The van der Waals surface area contributed by atoms with Crippen molar-refractivity contribution in [3.8, 4) is 0 Å². The zero-order chi connectivity index (χ0) is 12.5. The van der Waals surface area contributed by atoms with E-state index in [-0.39, 0.29) is 0 Å². The lowest BCUT2D eigenvalue weighted by atomic mass is 9.97. The molecular formula is C13H11F3O. The van der Waals surface area contributed by atoms with Crippen molar-refractivity contribution in [1.29, 1.82) is 0 Å². The lowest BCUT2D eigenvalue weighted by Crippen LogP contribution is -2.06. The van der Waals surface area contributed by atoms with Gasteiger partial charge < -0.3 is 5.11 Å². The first kappa shape index (κ1) is 11.9. The van der Waals surface area contributed by atoms with E-state index in [0.29, 0.717) is 12.0 Å². The zero-order valence-electron chi connectivity index (χ0n) is 8.91. The highest BCUT2D eigenvalue weighted by atomic mass is 19.4. The lowest BCUT2D eigenvalue weighted by Gasteiger charge is -2.13. The monoisotopic (exact) mass is 240 g/mol. The van der Waals surface area contributed by atoms with Crippen LogP contribution in [0.1, 0.15) is 17.5 Å². The molecule has 1 aromatic rings. The van der Waals surface area contributed by atoms with Gasteiger partial charge in [-0.1, -0.05) is 24.3 Å². The molecule has 0 heterocycles. The van der Waals surface area contributed by atoms with E-state index in [9.17, 15) is 18.3 Å². The standard InChI is InChI=1S/C13H11F3O/c14-13(15,16)11-6-4-9(5-7-11)10-2-1-3-12(17)8-10/h1-2,4-8,12,17H,3H2/t12-/m1/s1. The number of aliphatic hydroxyl groups is 1. The van der Waals surface area contributed by atoms with E-state index in [1.165, 1.54) is 12.1 Å². The first-order valence-corrected chi connectivity index (χ1v) is 5.21. The quantitative estimate of drug-likeness (QED) is 0.797. The number of benzene rings is 1. The molecule has 17 heavy (non-hydrogen) atoms. The van der Waals surface area contributed by atoms with Gasteiger partial charge in [0.25, 0.3) is 0 Å². The summed E-state index contributed by atoms with van der Waals surface area (Å²) in [5.74, 6) is 0. The molecule has 0 fully saturated rings. The van der Waals surface area contributed by atoms with Gasteiger partial charge in [-0.2, -0.15) is 13.2 Å². The summed E-state index contributed by atoms with van der Waals surface area (Å²) in [4.78, 5) is 0. The average molecular weight is 240 g/mol. The van der Waals surface area contributed by atoms with Crippen LogP contribution in [0.2, 0.25) is 0 Å². The van der Waals surface area contributed by atoms with Crippen LogP contribution >= 0.6 is 0 Å². The third-order valence-corrected chi connectivity index (χ3v) is 2.59. The summed E-state index contributed by atoms with van der Waals surface area (Å²) in [7, 11) is 0. The van der Waals surface area contributed by atoms with Crippen molar-refractivity contribution >= 4 is 5.57 Å². The molecule has 1 nitrogen and oxygen atoms in total. The maximum atomic E-state index is 12.4. The first-order valence-electron chi connectivity index (χ1n) is 5.21. The lowest BCUT2D eigenvalue weighted by molar-refractivity contribution is -0.137. The minimum atomic E-state index is -4.31. The fourth-order valence-corrected chi connectivity index (χ4v) is 1.71. The van der Waals surface area contributed by atoms with Crippen LogP contribution in [0, 0.1) is 0 Å². The SMILES string of the molecule is O[C@H]1C=C(c2ccc(C(F)(F)F)cc2)C=CC1. The maximum Gasteiger partial charge on any atom is 0.416 e. The topological polar surface area (TPSA) is 20.2 Å². The van der Waals surface area contributed by atoms with E-state index in [4.69, 9.17) is 0 Å². The molecule has 1 aliphatic carbocycles. The van der Waals surface area contributed by atoms with Crippen LogP contribution < -0.4 is 0 Å². The Hall–Kier alpha value is -1.55. The predicted molar refractivity (Wildman–Crippen MR) is 59.2 cm³/mol. The van der Waals surface area contributed by atoms with Crippen molar-refractivity contribution in [2.45, 2.75) is 18.7 Å². The van der Waals surface area contributed by atoms with Crippen LogP contribution in [0.5, 0.6) is 0 Å². The maximum absolute atomic E-state index is 12.4. The molecule has 0 unspecified atom stereocenters. The highest BCUT2D eigenvalue weighted by molar-refractivity contribution is 5.75. The van der Waals surface area contributed by atoms with Crippen LogP contribution in [0.4, 0.5) is 13.2 Å². The Kier molecular flexibility index (Phi) is 3.07. The molecule has 1 aliphatic rings. The number of aliphatic hydroxyl groups excluding tert-OH is 1. The van der Waals surface area contributed by atoms with Crippen molar-refractivity contribution < 1.29 is 18.3 Å². The van der Waals surface area contributed by atoms with Crippen LogP contribution in [0.3, 0.4) is 0 Å². The van der Waals surface area contributed by atoms with E-state index in [1.54, 1.807) is 18.2 Å². The number of hydrogen-bond donors (Lipinski definition) is 1. The third kappa shape index (κ3) is 2.77. The number of hydrogen-bond acceptors (Lipinski definition) is 1. The molecule has 1 atom stereocenters. The highest BCUT2D eigenvalue weighted by Crippen LogP contribution is 2.30. The minimum absolute atomic E-state index is 0.546. The van der Waals surface area contributed by atoms with Gasteiger partial charge in [0.1, 0.15) is 0 Å². The molecule has 0 aliphatic heterocycles. The van der Waals surface area contributed by atoms with Crippen molar-refractivity contribution in [3.05, 3.63) is 53.6 Å². The summed E-state index contributed by atoms with van der Waals surface area (Å²) >= 11 is 0. The Labute approximate surface area is 96.9 Å². The van der Waals surface area contributed by atoms with Crippen LogP contribution in [-0.2, 0) is 6.18 Å². The third-order valence-electron chi connectivity index (χ3n) is 2.59. The van der Waals surface area contributed by atoms with Gasteiger partial charge in [0.2, 0.25) is 0 Å². The van der Waals surface area contributed by atoms with Gasteiger partial charge in [-0.15, -0.1) is 0 Å². The molecular weight excluding hydrogens is 229 g/mol. The largest absolute Gasteiger partial charge is 0.416 e. The Morgan fingerprint density at radius 1 is 1.12 bits per heavy atom. The van der Waals surface area contributed by atoms with E-state index in [1.807, 2.05) is 0 Å². The Bertz CT molecular complexity index is 455. The fraction of sp³-hybridized carbons (Fsp3) is 0.231. The molecule has 0 radical (unpaired) electrons. The number of rotatable bonds is 1. The van der Waals surface area contributed by atoms with E-state index in [0.717, 1.165) is 17.7 Å². The molecule has 0 aromatic heterocycles. The Morgan fingerprint density at radius 2 is 1.76 bits per heavy atom. The van der Waals surface area contributed by atoms with Gasteiger partial charge in [-0.05, 0) is 35.8 Å². The number of allylic oxidation sites excluding steroid dienone is 2. The van der Waals surface area contributed by atoms with Gasteiger partial charge in [0, 0.05) is 0 Å². The molecule has 0 spiro atoms. The normalized spacial score (nSPS) is 20.2. The van der Waals surface area contributed by atoms with Gasteiger partial charge in [-0.3, -0.25) is 0 Å². The van der Waals surface area contributed by atoms with Gasteiger partial charge in [0.15, 0.2) is 0 Å². The summed E-state index contributed by atoms with van der Waals surface area (Å²) < 4.78 is 37.1. The molecule has 0 saturated carbocycles. The Balaban J connectivity index is 2.27. The van der Waals surface area contributed by atoms with E-state index < -0.39 is 17.8 Å². The highest BCUT2D eigenvalue weighted by Gasteiger charge is 2.30. The smallest absolute Gasteiger partial charge is 0.389 e. The summed E-state index contributed by atoms with van der Waals surface area (Å²) in [6.45, 7) is 0. The second-order valence-corrected chi connectivity index (χ2v) is 3.90. The summed E-state index contributed by atoms with van der Waals surface area (Å²) in [6, 6.07) is 4.92. The molecule has 1 N–H and O–H groups in total. The molecule has 1 aromatic carbocycles. The molecule has 2 rings (SSSR count). The number of halogens is 3. The first-order chi connectivity index (χ1) is 7.97. The molecule has 0 saturated heterocycles. The van der Waals surface area contributed by atoms with Crippen molar-refractivity contribution in [2.24, 2.45) is 0 Å². The molecule has 90 valence electrons. The van der Waals surface area contributed by atoms with Crippen molar-refractivity contribution in [1.82, 2.24) is 0 Å². The fourth-order valence-electron chi connectivity index (χ4n) is 1.71. The van der Waals surface area contributed by atoms with Crippen molar-refractivity contribution in [2.75, 3.05) is 0 Å². The van der Waals surface area contributed by atoms with Gasteiger partial charge in [0.05, 0.1) is 11.7 Å². The summed E-state index contributed by atoms with van der Waals surface area (Å²) in [6.07, 6.45) is 0.923.